The fourth-order valence-electron chi connectivity index (χ4n) is 4.36. The van der Waals surface area contributed by atoms with Gasteiger partial charge in [0.05, 0.1) is 36.5 Å². The first-order valence-electron chi connectivity index (χ1n) is 12.2. The van der Waals surface area contributed by atoms with E-state index in [-0.39, 0.29) is 34.3 Å². The summed E-state index contributed by atoms with van der Waals surface area (Å²) in [5.74, 6) is -1.15. The highest BCUT2D eigenvalue weighted by Gasteiger charge is 2.47. The average molecular weight is 538 g/mol. The van der Waals surface area contributed by atoms with Gasteiger partial charge >= 0.3 is 0 Å². The standard InChI is InChI=1S/C29H28ClNO7/c1-4-36-19-9-7-8-18(15-19)31-26(17-10-13-23(32)24(14-17)38-6-3)25(28(34)29(31)35)27(33)21-16-20(37-5-2)11-12-22(21)30/h7-16,26,32-33H,4-6H2,1-3H3/b27-25+. The maximum Gasteiger partial charge on any atom is 0.300 e. The van der Waals surface area contributed by atoms with Crippen molar-refractivity contribution in [2.24, 2.45) is 0 Å². The number of hydrogen-bond acceptors (Lipinski definition) is 7. The molecule has 0 aromatic heterocycles. The Labute approximate surface area is 225 Å². The fraction of sp³-hybridized carbons (Fsp3) is 0.241. The van der Waals surface area contributed by atoms with Gasteiger partial charge in [-0.05, 0) is 68.8 Å². The molecular weight excluding hydrogens is 510 g/mol. The van der Waals surface area contributed by atoms with Crippen molar-refractivity contribution in [1.29, 1.82) is 0 Å². The lowest BCUT2D eigenvalue weighted by atomic mass is 9.94. The van der Waals surface area contributed by atoms with Crippen molar-refractivity contribution in [3.05, 3.63) is 82.4 Å². The summed E-state index contributed by atoms with van der Waals surface area (Å²) in [5.41, 5.74) is 0.807. The van der Waals surface area contributed by atoms with Crippen molar-refractivity contribution < 1.29 is 34.0 Å². The van der Waals surface area contributed by atoms with E-state index in [0.717, 1.165) is 0 Å². The highest BCUT2D eigenvalue weighted by Crippen LogP contribution is 2.45. The summed E-state index contributed by atoms with van der Waals surface area (Å²) in [7, 11) is 0. The summed E-state index contributed by atoms with van der Waals surface area (Å²) in [4.78, 5) is 28.3. The maximum atomic E-state index is 13.5. The molecule has 3 aromatic carbocycles. The Hall–Kier alpha value is -4.17. The van der Waals surface area contributed by atoms with Crippen LogP contribution in [-0.2, 0) is 9.59 Å². The van der Waals surface area contributed by atoms with Crippen molar-refractivity contribution in [3.8, 4) is 23.0 Å². The third kappa shape index (κ3) is 5.13. The predicted octanol–water partition coefficient (Wildman–Crippen LogP) is 5.87. The molecule has 2 N–H and O–H groups in total. The number of phenolic OH excluding ortho intramolecular Hbond substituents is 1. The number of amides is 1. The van der Waals surface area contributed by atoms with Gasteiger partial charge in [-0.25, -0.2) is 0 Å². The Balaban J connectivity index is 1.97. The van der Waals surface area contributed by atoms with Gasteiger partial charge in [0.1, 0.15) is 17.3 Å². The number of aliphatic hydroxyl groups is 1. The number of aromatic hydroxyl groups is 1. The van der Waals surface area contributed by atoms with Crippen LogP contribution in [0.2, 0.25) is 5.02 Å². The van der Waals surface area contributed by atoms with Crippen LogP contribution in [0.3, 0.4) is 0 Å². The van der Waals surface area contributed by atoms with Crippen LogP contribution in [0.25, 0.3) is 5.76 Å². The van der Waals surface area contributed by atoms with Crippen molar-refractivity contribution in [1.82, 2.24) is 0 Å². The summed E-state index contributed by atoms with van der Waals surface area (Å²) >= 11 is 6.41. The Bertz CT molecular complexity index is 1400. The normalized spacial score (nSPS) is 16.5. The molecule has 1 aliphatic rings. The van der Waals surface area contributed by atoms with E-state index in [4.69, 9.17) is 25.8 Å². The van der Waals surface area contributed by atoms with Crippen LogP contribution in [0.5, 0.6) is 23.0 Å². The highest BCUT2D eigenvalue weighted by molar-refractivity contribution is 6.52. The molecule has 3 aromatic rings. The zero-order valence-electron chi connectivity index (χ0n) is 21.2. The van der Waals surface area contributed by atoms with Crippen LogP contribution >= 0.6 is 11.6 Å². The van der Waals surface area contributed by atoms with E-state index in [2.05, 4.69) is 0 Å². The number of hydrogen-bond donors (Lipinski definition) is 2. The fourth-order valence-corrected chi connectivity index (χ4v) is 4.57. The van der Waals surface area contributed by atoms with Crippen LogP contribution in [0.1, 0.15) is 37.9 Å². The van der Waals surface area contributed by atoms with Crippen molar-refractivity contribution >= 4 is 34.7 Å². The Morgan fingerprint density at radius 3 is 2.26 bits per heavy atom. The molecule has 0 aliphatic carbocycles. The molecular formula is C29H28ClNO7. The summed E-state index contributed by atoms with van der Waals surface area (Å²) < 4.78 is 16.7. The molecule has 1 heterocycles. The van der Waals surface area contributed by atoms with E-state index in [1.165, 1.54) is 17.0 Å². The lowest BCUT2D eigenvalue weighted by Gasteiger charge is -2.26. The number of aliphatic hydroxyl groups excluding tert-OH is 1. The SMILES string of the molecule is CCOc1cccc(N2C(=O)C(=O)/C(=C(/O)c3cc(OCC)ccc3Cl)C2c2ccc(O)c(OCC)c2)c1. The van der Waals surface area contributed by atoms with Gasteiger partial charge in [-0.1, -0.05) is 23.7 Å². The van der Waals surface area contributed by atoms with Crippen LogP contribution in [0.4, 0.5) is 5.69 Å². The van der Waals surface area contributed by atoms with E-state index >= 15 is 0 Å². The Morgan fingerprint density at radius 2 is 1.58 bits per heavy atom. The molecule has 4 rings (SSSR count). The minimum absolute atomic E-state index is 0.0987. The van der Waals surface area contributed by atoms with Gasteiger partial charge < -0.3 is 24.4 Å². The molecule has 0 bridgehead atoms. The minimum Gasteiger partial charge on any atom is -0.507 e. The molecule has 0 saturated carbocycles. The van der Waals surface area contributed by atoms with Gasteiger partial charge in [0.15, 0.2) is 11.5 Å². The first kappa shape index (κ1) is 26.9. The zero-order chi connectivity index (χ0) is 27.4. The molecule has 1 saturated heterocycles. The van der Waals surface area contributed by atoms with Crippen molar-refractivity contribution in [2.75, 3.05) is 24.7 Å². The summed E-state index contributed by atoms with van der Waals surface area (Å²) in [6.45, 7) is 6.51. The quantitative estimate of drug-likeness (QED) is 0.200. The minimum atomic E-state index is -1.06. The smallest absolute Gasteiger partial charge is 0.300 e. The number of halogens is 1. The first-order chi connectivity index (χ1) is 18.3. The topological polar surface area (TPSA) is 106 Å². The van der Waals surface area contributed by atoms with Gasteiger partial charge in [0, 0.05) is 17.3 Å². The number of Topliss-reactive ketones (excluding diaryl/α,β-unsaturated/α-hetero) is 1. The molecule has 0 spiro atoms. The molecule has 1 unspecified atom stereocenters. The van der Waals surface area contributed by atoms with E-state index < -0.39 is 23.5 Å². The Kier molecular flexibility index (Phi) is 8.12. The number of anilines is 1. The number of nitrogens with zero attached hydrogens (tertiary/aromatic N) is 1. The van der Waals surface area contributed by atoms with Crippen LogP contribution in [0.15, 0.2) is 66.2 Å². The Morgan fingerprint density at radius 1 is 0.895 bits per heavy atom. The second-order valence-electron chi connectivity index (χ2n) is 8.33. The lowest BCUT2D eigenvalue weighted by molar-refractivity contribution is -0.132. The number of rotatable bonds is 9. The van der Waals surface area contributed by atoms with Gasteiger partial charge in [-0.15, -0.1) is 0 Å². The van der Waals surface area contributed by atoms with Crippen molar-refractivity contribution in [3.63, 3.8) is 0 Å². The van der Waals surface area contributed by atoms with E-state index in [1.807, 2.05) is 13.8 Å². The van der Waals surface area contributed by atoms with E-state index in [1.54, 1.807) is 55.5 Å². The largest absolute Gasteiger partial charge is 0.507 e. The average Bonchev–Trinajstić information content (AvgIpc) is 3.17. The predicted molar refractivity (Wildman–Crippen MR) is 144 cm³/mol. The van der Waals surface area contributed by atoms with E-state index in [0.29, 0.717) is 36.0 Å². The molecule has 1 atom stereocenters. The number of carbonyl (C=O) groups excluding carboxylic acids is 2. The van der Waals surface area contributed by atoms with E-state index in [9.17, 15) is 19.8 Å². The molecule has 8 nitrogen and oxygen atoms in total. The number of ether oxygens (including phenoxy) is 3. The van der Waals surface area contributed by atoms with Gasteiger partial charge in [0.25, 0.3) is 11.7 Å². The number of ketones is 1. The third-order valence-electron chi connectivity index (χ3n) is 5.95. The molecule has 1 fully saturated rings. The van der Waals surface area contributed by atoms with Gasteiger partial charge in [-0.2, -0.15) is 0 Å². The molecule has 1 amide bonds. The second-order valence-corrected chi connectivity index (χ2v) is 8.74. The molecule has 9 heteroatoms. The number of carbonyl (C=O) groups is 2. The van der Waals surface area contributed by atoms with Crippen LogP contribution in [0, 0.1) is 0 Å². The molecule has 198 valence electrons. The molecule has 38 heavy (non-hydrogen) atoms. The number of benzene rings is 3. The molecule has 1 aliphatic heterocycles. The zero-order valence-corrected chi connectivity index (χ0v) is 22.0. The van der Waals surface area contributed by atoms with Crippen molar-refractivity contribution in [2.45, 2.75) is 26.8 Å². The molecule has 0 radical (unpaired) electrons. The number of phenols is 1. The van der Waals surface area contributed by atoms with Crippen LogP contribution in [-0.4, -0.2) is 41.7 Å². The van der Waals surface area contributed by atoms with Crippen LogP contribution < -0.4 is 19.1 Å². The van der Waals surface area contributed by atoms with Gasteiger partial charge in [-0.3, -0.25) is 14.5 Å². The third-order valence-corrected chi connectivity index (χ3v) is 6.28. The first-order valence-corrected chi connectivity index (χ1v) is 12.6. The monoisotopic (exact) mass is 537 g/mol. The second kappa shape index (κ2) is 11.5. The lowest BCUT2D eigenvalue weighted by Crippen LogP contribution is -2.29. The highest BCUT2D eigenvalue weighted by atomic mass is 35.5. The van der Waals surface area contributed by atoms with Gasteiger partial charge in [0.2, 0.25) is 0 Å². The summed E-state index contributed by atoms with van der Waals surface area (Å²) in [6, 6.07) is 15.0. The maximum absolute atomic E-state index is 13.5. The summed E-state index contributed by atoms with van der Waals surface area (Å²) in [5, 5.41) is 21.9. The summed E-state index contributed by atoms with van der Waals surface area (Å²) in [6.07, 6.45) is 0.